The molecule has 1 N–H and O–H groups in total. The van der Waals surface area contributed by atoms with Crippen molar-refractivity contribution in [2.75, 3.05) is 6.61 Å². The third kappa shape index (κ3) is 5.72. The minimum atomic E-state index is -4.25. The standard InChI is InChI=1S/C9H12NO2.C6H6O3S/c1-8(12)9-4-2-3-5-10(9)6-7-11;7-10(8,9)6-4-2-1-3-5-6/h2-5,11H,6-7H2,1H3;1-5H,(H,7,8,9)/q+1;/p-1. The third-order valence-electron chi connectivity index (χ3n) is 2.67. The largest absolute Gasteiger partial charge is 0.744 e. The number of benzene rings is 1. The first kappa shape index (κ1) is 18.0. The lowest BCUT2D eigenvalue weighted by Crippen LogP contribution is -2.40. The highest BCUT2D eigenvalue weighted by Gasteiger charge is 2.12. The molecule has 6 nitrogen and oxygen atoms in total. The van der Waals surface area contributed by atoms with Crippen LogP contribution in [0.4, 0.5) is 0 Å². The van der Waals surface area contributed by atoms with E-state index in [2.05, 4.69) is 0 Å². The number of hydrogen-bond donors (Lipinski definition) is 1. The first-order chi connectivity index (χ1) is 10.4. The Morgan fingerprint density at radius 2 is 1.73 bits per heavy atom. The molecule has 0 aliphatic heterocycles. The molecule has 1 heterocycles. The molecule has 22 heavy (non-hydrogen) atoms. The Morgan fingerprint density at radius 3 is 2.18 bits per heavy atom. The number of aromatic nitrogens is 1. The fourth-order valence-electron chi connectivity index (χ4n) is 1.69. The zero-order chi connectivity index (χ0) is 16.6. The Hall–Kier alpha value is -2.09. The number of aliphatic hydroxyl groups is 1. The van der Waals surface area contributed by atoms with Crippen LogP contribution in [0.25, 0.3) is 0 Å². The van der Waals surface area contributed by atoms with E-state index in [0.717, 1.165) is 0 Å². The molecule has 0 spiro atoms. The van der Waals surface area contributed by atoms with E-state index >= 15 is 0 Å². The van der Waals surface area contributed by atoms with Crippen LogP contribution < -0.4 is 4.57 Å². The normalized spacial score (nSPS) is 10.5. The quantitative estimate of drug-likeness (QED) is 0.509. The maximum atomic E-state index is 11.0. The van der Waals surface area contributed by atoms with Crippen LogP contribution in [0.5, 0.6) is 0 Å². The highest BCUT2D eigenvalue weighted by molar-refractivity contribution is 7.85. The van der Waals surface area contributed by atoms with E-state index in [-0.39, 0.29) is 17.3 Å². The summed E-state index contributed by atoms with van der Waals surface area (Å²) in [6, 6.07) is 12.6. The Morgan fingerprint density at radius 1 is 1.14 bits per heavy atom. The monoisotopic (exact) mass is 323 g/mol. The Labute approximate surface area is 129 Å². The summed E-state index contributed by atoms with van der Waals surface area (Å²) in [6.45, 7) is 2.04. The van der Waals surface area contributed by atoms with Crippen LogP contribution in [0.1, 0.15) is 17.4 Å². The summed E-state index contributed by atoms with van der Waals surface area (Å²) in [6.07, 6.45) is 1.78. The van der Waals surface area contributed by atoms with Gasteiger partial charge in [-0.25, -0.2) is 8.42 Å². The van der Waals surface area contributed by atoms with Gasteiger partial charge in [-0.1, -0.05) is 18.2 Å². The van der Waals surface area contributed by atoms with Gasteiger partial charge in [-0.2, -0.15) is 4.57 Å². The number of rotatable bonds is 4. The molecule has 0 unspecified atom stereocenters. The molecule has 1 aromatic heterocycles. The van der Waals surface area contributed by atoms with Gasteiger partial charge >= 0.3 is 0 Å². The predicted molar refractivity (Wildman–Crippen MR) is 78.1 cm³/mol. The average Bonchev–Trinajstić information content (AvgIpc) is 2.49. The summed E-state index contributed by atoms with van der Waals surface area (Å²) in [5, 5.41) is 8.69. The van der Waals surface area contributed by atoms with Crippen molar-refractivity contribution >= 4 is 15.9 Å². The number of carbonyl (C=O) groups excluding carboxylic acids is 1. The van der Waals surface area contributed by atoms with E-state index in [9.17, 15) is 17.8 Å². The second-order valence-electron chi connectivity index (χ2n) is 4.33. The van der Waals surface area contributed by atoms with Crippen molar-refractivity contribution in [3.63, 3.8) is 0 Å². The molecule has 1 aromatic carbocycles. The Balaban J connectivity index is 0.000000224. The van der Waals surface area contributed by atoms with E-state index in [0.29, 0.717) is 12.2 Å². The summed E-state index contributed by atoms with van der Waals surface area (Å²) in [7, 11) is -4.25. The van der Waals surface area contributed by atoms with Crippen molar-refractivity contribution < 1.29 is 27.4 Å². The van der Waals surface area contributed by atoms with Gasteiger partial charge in [-0.3, -0.25) is 4.79 Å². The second kappa shape index (κ2) is 8.38. The highest BCUT2D eigenvalue weighted by atomic mass is 32.2. The number of hydrogen-bond acceptors (Lipinski definition) is 5. The molecule has 0 saturated heterocycles. The fourth-order valence-corrected chi connectivity index (χ4v) is 2.18. The molecular formula is C15H17NO5S. The number of nitrogens with zero attached hydrogens (tertiary/aromatic N) is 1. The van der Waals surface area contributed by atoms with Crippen LogP contribution >= 0.6 is 0 Å². The third-order valence-corrected chi connectivity index (χ3v) is 3.52. The van der Waals surface area contributed by atoms with E-state index in [1.807, 2.05) is 12.1 Å². The molecule has 0 bridgehead atoms. The molecule has 0 fully saturated rings. The topological polar surface area (TPSA) is 98.4 Å². The molecule has 118 valence electrons. The second-order valence-corrected chi connectivity index (χ2v) is 5.71. The van der Waals surface area contributed by atoms with Gasteiger partial charge in [0.1, 0.15) is 16.7 Å². The lowest BCUT2D eigenvalue weighted by Gasteiger charge is -2.04. The van der Waals surface area contributed by atoms with Crippen molar-refractivity contribution in [1.29, 1.82) is 0 Å². The van der Waals surface area contributed by atoms with E-state index in [1.165, 1.54) is 31.2 Å². The minimum Gasteiger partial charge on any atom is -0.744 e. The first-order valence-corrected chi connectivity index (χ1v) is 7.88. The maximum Gasteiger partial charge on any atom is 0.248 e. The summed E-state index contributed by atoms with van der Waals surface area (Å²) >= 11 is 0. The summed E-state index contributed by atoms with van der Waals surface area (Å²) in [5.41, 5.74) is 0.631. The number of pyridine rings is 1. The van der Waals surface area contributed by atoms with Crippen molar-refractivity contribution in [3.05, 3.63) is 60.4 Å². The van der Waals surface area contributed by atoms with Gasteiger partial charge in [0.15, 0.2) is 12.7 Å². The van der Waals surface area contributed by atoms with Crippen molar-refractivity contribution in [2.45, 2.75) is 18.4 Å². The average molecular weight is 323 g/mol. The summed E-state index contributed by atoms with van der Waals surface area (Å²) in [5.74, 6) is 0.0176. The van der Waals surface area contributed by atoms with Crippen molar-refractivity contribution in [3.8, 4) is 0 Å². The van der Waals surface area contributed by atoms with Crippen molar-refractivity contribution in [2.24, 2.45) is 0 Å². The van der Waals surface area contributed by atoms with Crippen LogP contribution in [0, 0.1) is 0 Å². The van der Waals surface area contributed by atoms with Crippen LogP contribution in [0.2, 0.25) is 0 Å². The molecule has 2 aromatic rings. The number of ketones is 1. The van der Waals surface area contributed by atoms with Gasteiger partial charge in [0.05, 0.1) is 4.90 Å². The van der Waals surface area contributed by atoms with Crippen LogP contribution in [0.3, 0.4) is 0 Å². The molecule has 0 radical (unpaired) electrons. The lowest BCUT2D eigenvalue weighted by atomic mass is 10.2. The minimum absolute atomic E-state index is 0.0176. The van der Waals surface area contributed by atoms with Crippen LogP contribution in [0.15, 0.2) is 59.6 Å². The molecule has 0 saturated carbocycles. The molecule has 0 atom stereocenters. The highest BCUT2D eigenvalue weighted by Crippen LogP contribution is 2.04. The molecule has 7 heteroatoms. The number of aliphatic hydroxyl groups excluding tert-OH is 1. The van der Waals surface area contributed by atoms with Gasteiger partial charge in [-0.15, -0.1) is 0 Å². The lowest BCUT2D eigenvalue weighted by molar-refractivity contribution is -0.699. The predicted octanol–water partition coefficient (Wildman–Crippen LogP) is 0.760. The van der Waals surface area contributed by atoms with Gasteiger partial charge in [0, 0.05) is 19.1 Å². The Kier molecular flexibility index (Phi) is 6.84. The van der Waals surface area contributed by atoms with Crippen LogP contribution in [-0.4, -0.2) is 30.5 Å². The molecule has 0 amide bonds. The van der Waals surface area contributed by atoms with Crippen LogP contribution in [-0.2, 0) is 16.7 Å². The smallest absolute Gasteiger partial charge is 0.248 e. The van der Waals surface area contributed by atoms with E-state index in [1.54, 1.807) is 22.9 Å². The Bertz CT molecular complexity index is 714. The maximum absolute atomic E-state index is 11.0. The van der Waals surface area contributed by atoms with E-state index in [4.69, 9.17) is 5.11 Å². The van der Waals surface area contributed by atoms with Gasteiger partial charge in [0.2, 0.25) is 11.5 Å². The van der Waals surface area contributed by atoms with E-state index < -0.39 is 10.1 Å². The molecule has 0 aliphatic rings. The fraction of sp³-hybridized carbons (Fsp3) is 0.200. The molecule has 2 rings (SSSR count). The van der Waals surface area contributed by atoms with Gasteiger partial charge < -0.3 is 9.66 Å². The molecular weight excluding hydrogens is 306 g/mol. The molecule has 0 aliphatic carbocycles. The van der Waals surface area contributed by atoms with Crippen molar-refractivity contribution in [1.82, 2.24) is 0 Å². The number of carbonyl (C=O) groups is 1. The zero-order valence-electron chi connectivity index (χ0n) is 12.0. The van der Waals surface area contributed by atoms with Gasteiger partial charge in [0.25, 0.3) is 0 Å². The SMILES string of the molecule is CC(=O)c1cccc[n+]1CCO.O=S(=O)([O-])c1ccccc1. The first-order valence-electron chi connectivity index (χ1n) is 6.47. The zero-order valence-corrected chi connectivity index (χ0v) is 12.9. The summed E-state index contributed by atoms with van der Waals surface area (Å²) in [4.78, 5) is 10.9. The number of Topliss-reactive ketones (excluding diaryl/α,β-unsaturated/α-hetero) is 1. The summed E-state index contributed by atoms with van der Waals surface area (Å²) < 4.78 is 32.6. The van der Waals surface area contributed by atoms with Gasteiger partial charge in [-0.05, 0) is 18.2 Å².